The molecule has 0 aliphatic heterocycles. The third kappa shape index (κ3) is 5.54. The average Bonchev–Trinajstić information content (AvgIpc) is 2.45. The van der Waals surface area contributed by atoms with Gasteiger partial charge in [-0.25, -0.2) is 4.79 Å². The van der Waals surface area contributed by atoms with Crippen LogP contribution in [0.2, 0.25) is 0 Å². The number of carbonyl (C=O) groups is 1. The molecule has 0 heterocycles. The van der Waals surface area contributed by atoms with Gasteiger partial charge in [0.15, 0.2) is 24.4 Å². The number of ether oxygens (including phenoxy) is 5. The van der Waals surface area contributed by atoms with Crippen LogP contribution in [0.25, 0.3) is 0 Å². The molecule has 1 aromatic carbocycles. The smallest absolute Gasteiger partial charge is 0.344 e. The predicted molar refractivity (Wildman–Crippen MR) is 81.1 cm³/mol. The van der Waals surface area contributed by atoms with Crippen LogP contribution in [0, 0.1) is 0 Å². The molecule has 0 fully saturated rings. The number of hydrogen-bond donors (Lipinski definition) is 0. The van der Waals surface area contributed by atoms with Gasteiger partial charge in [-0.2, -0.15) is 0 Å². The second kappa shape index (κ2) is 8.00. The second-order valence-electron chi connectivity index (χ2n) is 5.59. The molecule has 0 aliphatic carbocycles. The van der Waals surface area contributed by atoms with E-state index >= 15 is 0 Å². The number of benzene rings is 1. The molecule has 124 valence electrons. The lowest BCUT2D eigenvalue weighted by Crippen LogP contribution is -2.27. The van der Waals surface area contributed by atoms with E-state index in [-0.39, 0.29) is 6.61 Å². The zero-order valence-corrected chi connectivity index (χ0v) is 14.0. The number of rotatable bonds is 7. The summed E-state index contributed by atoms with van der Waals surface area (Å²) in [5.41, 5.74) is 0.241. The topological polar surface area (TPSA) is 63.2 Å². The predicted octanol–water partition coefficient (Wildman–Crippen LogP) is 2.71. The van der Waals surface area contributed by atoms with E-state index in [1.54, 1.807) is 53.2 Å². The Bertz CT molecular complexity index is 488. The standard InChI is InChI=1S/C16H24O6/c1-16(2,3)22-14(17)10-21-12-8-7-11(9-13(12)18-4)15(19-5)20-6/h7-9,15H,10H2,1-6H3. The highest BCUT2D eigenvalue weighted by Gasteiger charge is 2.18. The molecule has 0 spiro atoms. The molecule has 6 heteroatoms. The first kappa shape index (κ1) is 18.3. The Kier molecular flexibility index (Phi) is 6.64. The van der Waals surface area contributed by atoms with Gasteiger partial charge in [-0.3, -0.25) is 0 Å². The molecule has 0 unspecified atom stereocenters. The van der Waals surface area contributed by atoms with Crippen molar-refractivity contribution >= 4 is 5.97 Å². The summed E-state index contributed by atoms with van der Waals surface area (Å²) >= 11 is 0. The molecule has 0 amide bonds. The quantitative estimate of drug-likeness (QED) is 0.570. The molecule has 0 aromatic heterocycles. The van der Waals surface area contributed by atoms with Gasteiger partial charge in [-0.1, -0.05) is 6.07 Å². The van der Waals surface area contributed by atoms with E-state index in [0.717, 1.165) is 5.56 Å². The fourth-order valence-electron chi connectivity index (χ4n) is 1.83. The first-order chi connectivity index (χ1) is 10.3. The Balaban J connectivity index is 2.77. The van der Waals surface area contributed by atoms with Crippen LogP contribution in [0.1, 0.15) is 32.6 Å². The van der Waals surface area contributed by atoms with Crippen LogP contribution in [0.4, 0.5) is 0 Å². The van der Waals surface area contributed by atoms with Crippen LogP contribution in [0.3, 0.4) is 0 Å². The maximum Gasteiger partial charge on any atom is 0.344 e. The minimum atomic E-state index is -0.543. The molecule has 0 saturated heterocycles. The van der Waals surface area contributed by atoms with Gasteiger partial charge in [-0.15, -0.1) is 0 Å². The van der Waals surface area contributed by atoms with E-state index < -0.39 is 17.9 Å². The van der Waals surface area contributed by atoms with Crippen LogP contribution in [-0.4, -0.2) is 39.5 Å². The van der Waals surface area contributed by atoms with Crippen LogP contribution >= 0.6 is 0 Å². The summed E-state index contributed by atoms with van der Waals surface area (Å²) < 4.78 is 26.3. The summed E-state index contributed by atoms with van der Waals surface area (Å²) in [6.07, 6.45) is -0.492. The number of hydrogen-bond acceptors (Lipinski definition) is 6. The average molecular weight is 312 g/mol. The Morgan fingerprint density at radius 1 is 1.09 bits per heavy atom. The lowest BCUT2D eigenvalue weighted by molar-refractivity contribution is -0.157. The van der Waals surface area contributed by atoms with Crippen LogP contribution < -0.4 is 9.47 Å². The van der Waals surface area contributed by atoms with Crippen LogP contribution in [0.5, 0.6) is 11.5 Å². The minimum Gasteiger partial charge on any atom is -0.493 e. The molecular weight excluding hydrogens is 288 g/mol. The molecule has 0 saturated carbocycles. The summed E-state index contributed by atoms with van der Waals surface area (Å²) in [5, 5.41) is 0. The lowest BCUT2D eigenvalue weighted by atomic mass is 10.2. The monoisotopic (exact) mass is 312 g/mol. The van der Waals surface area contributed by atoms with E-state index in [1.165, 1.54) is 7.11 Å². The molecule has 0 atom stereocenters. The Morgan fingerprint density at radius 3 is 2.23 bits per heavy atom. The van der Waals surface area contributed by atoms with Gasteiger partial charge in [0.05, 0.1) is 7.11 Å². The summed E-state index contributed by atoms with van der Waals surface area (Å²) in [4.78, 5) is 11.7. The van der Waals surface area contributed by atoms with Crippen molar-refractivity contribution in [2.45, 2.75) is 32.7 Å². The fourth-order valence-corrected chi connectivity index (χ4v) is 1.83. The van der Waals surface area contributed by atoms with Gasteiger partial charge in [0.2, 0.25) is 0 Å². The van der Waals surface area contributed by atoms with Gasteiger partial charge in [0, 0.05) is 19.8 Å². The SMILES string of the molecule is COc1cc(C(OC)OC)ccc1OCC(=O)OC(C)(C)C. The third-order valence-electron chi connectivity index (χ3n) is 2.65. The highest BCUT2D eigenvalue weighted by Crippen LogP contribution is 2.31. The molecule has 6 nitrogen and oxygen atoms in total. The van der Waals surface area contributed by atoms with Crippen molar-refractivity contribution in [3.8, 4) is 11.5 Å². The van der Waals surface area contributed by atoms with Crippen molar-refractivity contribution in [1.29, 1.82) is 0 Å². The molecule has 1 rings (SSSR count). The molecule has 1 aromatic rings. The number of esters is 1. The molecule has 22 heavy (non-hydrogen) atoms. The zero-order valence-electron chi connectivity index (χ0n) is 14.0. The van der Waals surface area contributed by atoms with E-state index in [2.05, 4.69) is 0 Å². The van der Waals surface area contributed by atoms with Gasteiger partial charge in [-0.05, 0) is 32.9 Å². The lowest BCUT2D eigenvalue weighted by Gasteiger charge is -2.20. The van der Waals surface area contributed by atoms with Crippen molar-refractivity contribution < 1.29 is 28.5 Å². The van der Waals surface area contributed by atoms with E-state index in [0.29, 0.717) is 11.5 Å². The summed E-state index contributed by atoms with van der Waals surface area (Å²) in [6, 6.07) is 5.22. The maximum absolute atomic E-state index is 11.7. The van der Waals surface area contributed by atoms with E-state index in [4.69, 9.17) is 23.7 Å². The van der Waals surface area contributed by atoms with Crippen molar-refractivity contribution in [1.82, 2.24) is 0 Å². The Hall–Kier alpha value is -1.79. The van der Waals surface area contributed by atoms with Crippen molar-refractivity contribution in [3.05, 3.63) is 23.8 Å². The summed E-state index contributed by atoms with van der Waals surface area (Å²) in [5.74, 6) is 0.494. The maximum atomic E-state index is 11.7. The molecule has 0 radical (unpaired) electrons. The Labute approximate surface area is 131 Å². The molecule has 0 aliphatic rings. The fraction of sp³-hybridized carbons (Fsp3) is 0.562. The molecular formula is C16H24O6. The summed E-state index contributed by atoms with van der Waals surface area (Å²) in [7, 11) is 4.62. The van der Waals surface area contributed by atoms with Crippen molar-refractivity contribution in [2.24, 2.45) is 0 Å². The van der Waals surface area contributed by atoms with Gasteiger partial charge >= 0.3 is 5.97 Å². The van der Waals surface area contributed by atoms with Gasteiger partial charge in [0.1, 0.15) is 5.60 Å². The largest absolute Gasteiger partial charge is 0.493 e. The first-order valence-corrected chi connectivity index (χ1v) is 6.89. The van der Waals surface area contributed by atoms with Crippen molar-refractivity contribution in [3.63, 3.8) is 0 Å². The van der Waals surface area contributed by atoms with Crippen LogP contribution in [0.15, 0.2) is 18.2 Å². The van der Waals surface area contributed by atoms with E-state index in [9.17, 15) is 4.79 Å². The van der Waals surface area contributed by atoms with E-state index in [1.807, 2.05) is 0 Å². The summed E-state index contributed by atoms with van der Waals surface area (Å²) in [6.45, 7) is 5.21. The zero-order chi connectivity index (χ0) is 16.8. The van der Waals surface area contributed by atoms with Gasteiger partial charge < -0.3 is 23.7 Å². The normalized spacial score (nSPS) is 11.4. The molecule has 0 N–H and O–H groups in total. The van der Waals surface area contributed by atoms with Gasteiger partial charge in [0.25, 0.3) is 0 Å². The highest BCUT2D eigenvalue weighted by atomic mass is 16.7. The number of methoxy groups -OCH3 is 3. The molecule has 0 bridgehead atoms. The number of carbonyl (C=O) groups excluding carboxylic acids is 1. The van der Waals surface area contributed by atoms with Crippen LogP contribution in [-0.2, 0) is 19.0 Å². The highest BCUT2D eigenvalue weighted by molar-refractivity contribution is 5.71. The Morgan fingerprint density at radius 2 is 1.73 bits per heavy atom. The first-order valence-electron chi connectivity index (χ1n) is 6.89. The third-order valence-corrected chi connectivity index (χ3v) is 2.65. The minimum absolute atomic E-state index is 0.190. The second-order valence-corrected chi connectivity index (χ2v) is 5.59. The van der Waals surface area contributed by atoms with Crippen molar-refractivity contribution in [2.75, 3.05) is 27.9 Å².